The van der Waals surface area contributed by atoms with Gasteiger partial charge in [-0.05, 0) is 0 Å². The Morgan fingerprint density at radius 2 is 2.00 bits per heavy atom. The van der Waals surface area contributed by atoms with Crippen molar-refractivity contribution in [2.45, 2.75) is 11.0 Å². The molecule has 0 aromatic carbocycles. The standard InChI is InChI=1S/C2H3ClSi2/c3-2(5)1-4/h2H,1H2. The van der Waals surface area contributed by atoms with E-state index in [1.165, 1.54) is 0 Å². The molecule has 0 bridgehead atoms. The molecule has 6 radical (unpaired) electrons. The lowest BCUT2D eigenvalue weighted by Crippen LogP contribution is -1.92. The van der Waals surface area contributed by atoms with Gasteiger partial charge in [-0.2, -0.15) is 0 Å². The van der Waals surface area contributed by atoms with Crippen LogP contribution in [-0.2, 0) is 0 Å². The van der Waals surface area contributed by atoms with E-state index in [-0.39, 0.29) is 5.00 Å². The average Bonchev–Trinajstić information content (AvgIpc) is 1.38. The van der Waals surface area contributed by atoms with Crippen molar-refractivity contribution in [3.63, 3.8) is 0 Å². The molecule has 3 heteroatoms. The summed E-state index contributed by atoms with van der Waals surface area (Å²) in [6.45, 7) is 0. The predicted molar refractivity (Wildman–Crippen MR) is 26.0 cm³/mol. The molecule has 0 saturated carbocycles. The Labute approximate surface area is 43.7 Å². The Morgan fingerprint density at radius 3 is 2.00 bits per heavy atom. The fourth-order valence-electron chi connectivity index (χ4n) is 0. The Hall–Kier alpha value is 0.724. The van der Waals surface area contributed by atoms with E-state index in [9.17, 15) is 0 Å². The Balaban J connectivity index is 2.54. The summed E-state index contributed by atoms with van der Waals surface area (Å²) >= 11 is 5.33. The Morgan fingerprint density at radius 1 is 1.80 bits per heavy atom. The van der Waals surface area contributed by atoms with E-state index in [2.05, 4.69) is 20.5 Å². The van der Waals surface area contributed by atoms with Gasteiger partial charge in [-0.15, -0.1) is 11.6 Å². The van der Waals surface area contributed by atoms with Crippen LogP contribution in [-0.4, -0.2) is 25.5 Å². The highest BCUT2D eigenvalue weighted by Gasteiger charge is 1.84. The highest BCUT2D eigenvalue weighted by atomic mass is 35.5. The summed E-state index contributed by atoms with van der Waals surface area (Å²) in [4.78, 5) is 0. The summed E-state index contributed by atoms with van der Waals surface area (Å²) < 4.78 is 0. The van der Waals surface area contributed by atoms with E-state index in [4.69, 9.17) is 11.6 Å². The highest BCUT2D eigenvalue weighted by Crippen LogP contribution is 1.89. The Bertz CT molecular complexity index is 21.6. The molecule has 5 heavy (non-hydrogen) atoms. The first-order valence-corrected chi connectivity index (χ1v) is 2.99. The largest absolute Gasteiger partial charge is 0.128 e. The lowest BCUT2D eigenvalue weighted by atomic mass is 10.9. The van der Waals surface area contributed by atoms with Gasteiger partial charge in [0.05, 0.1) is 0 Å². The predicted octanol–water partition coefficient (Wildman–Crippen LogP) is 0.307. The molecule has 0 fully saturated rings. The smallest absolute Gasteiger partial charge is 0.0483 e. The van der Waals surface area contributed by atoms with Crippen molar-refractivity contribution in [1.82, 2.24) is 0 Å². The van der Waals surface area contributed by atoms with Crippen LogP contribution in [0.1, 0.15) is 0 Å². The van der Waals surface area contributed by atoms with E-state index in [1.54, 1.807) is 0 Å². The fraction of sp³-hybridized carbons (Fsp3) is 1.00. The average molecular weight is 119 g/mol. The molecule has 0 N–H and O–H groups in total. The van der Waals surface area contributed by atoms with Crippen molar-refractivity contribution in [2.24, 2.45) is 0 Å². The topological polar surface area (TPSA) is 0 Å². The van der Waals surface area contributed by atoms with Gasteiger partial charge in [0.25, 0.3) is 0 Å². The van der Waals surface area contributed by atoms with Crippen LogP contribution in [0.25, 0.3) is 0 Å². The first-order chi connectivity index (χ1) is 2.27. The summed E-state index contributed by atoms with van der Waals surface area (Å²) in [5, 5.41) is 0.0756. The van der Waals surface area contributed by atoms with Gasteiger partial charge in [-0.25, -0.2) is 0 Å². The molecule has 0 rings (SSSR count). The second-order valence-electron chi connectivity index (χ2n) is 0.672. The van der Waals surface area contributed by atoms with Gasteiger partial charge in [0.15, 0.2) is 0 Å². The lowest BCUT2D eigenvalue weighted by Gasteiger charge is -1.86. The maximum atomic E-state index is 5.33. The van der Waals surface area contributed by atoms with Crippen LogP contribution in [0.3, 0.4) is 0 Å². The third-order valence-electron chi connectivity index (χ3n) is 0.179. The van der Waals surface area contributed by atoms with E-state index in [0.717, 1.165) is 6.04 Å². The van der Waals surface area contributed by atoms with Crippen LogP contribution in [0.4, 0.5) is 0 Å². The third-order valence-corrected chi connectivity index (χ3v) is 1.61. The molecule has 0 saturated heterocycles. The number of halogens is 1. The molecule has 0 spiro atoms. The van der Waals surface area contributed by atoms with Gasteiger partial charge in [-0.1, -0.05) is 6.04 Å². The molecule has 0 aliphatic heterocycles. The quantitative estimate of drug-likeness (QED) is 0.344. The lowest BCUT2D eigenvalue weighted by molar-refractivity contribution is 1.37. The molecule has 0 heterocycles. The summed E-state index contributed by atoms with van der Waals surface area (Å²) in [5.41, 5.74) is 0. The summed E-state index contributed by atoms with van der Waals surface area (Å²) in [6, 6.07) is 0.790. The fourth-order valence-corrected chi connectivity index (χ4v) is 0. The van der Waals surface area contributed by atoms with Crippen LogP contribution >= 0.6 is 11.6 Å². The van der Waals surface area contributed by atoms with Gasteiger partial charge in [-0.3, -0.25) is 0 Å². The van der Waals surface area contributed by atoms with E-state index in [1.807, 2.05) is 0 Å². The van der Waals surface area contributed by atoms with E-state index >= 15 is 0 Å². The second-order valence-corrected chi connectivity index (χ2v) is 2.67. The molecular formula is C2H3ClSi2. The third kappa shape index (κ3) is 4.72. The monoisotopic (exact) mass is 118 g/mol. The van der Waals surface area contributed by atoms with Crippen LogP contribution in [0.5, 0.6) is 0 Å². The molecule has 0 aromatic heterocycles. The van der Waals surface area contributed by atoms with Crippen molar-refractivity contribution < 1.29 is 0 Å². The highest BCUT2D eigenvalue weighted by molar-refractivity contribution is 6.43. The van der Waals surface area contributed by atoms with E-state index in [0.29, 0.717) is 0 Å². The molecule has 0 aliphatic carbocycles. The summed E-state index contributed by atoms with van der Waals surface area (Å²) in [6.07, 6.45) is 0. The molecular weight excluding hydrogens is 116 g/mol. The van der Waals surface area contributed by atoms with Crippen molar-refractivity contribution in [1.29, 1.82) is 0 Å². The van der Waals surface area contributed by atoms with Gasteiger partial charge in [0.1, 0.15) is 0 Å². The number of alkyl halides is 1. The van der Waals surface area contributed by atoms with Crippen LogP contribution in [0.15, 0.2) is 0 Å². The number of rotatable bonds is 1. The van der Waals surface area contributed by atoms with Crippen LogP contribution in [0.2, 0.25) is 6.04 Å². The van der Waals surface area contributed by atoms with Crippen molar-refractivity contribution in [3.05, 3.63) is 0 Å². The van der Waals surface area contributed by atoms with Gasteiger partial charge in [0.2, 0.25) is 0 Å². The van der Waals surface area contributed by atoms with Gasteiger partial charge < -0.3 is 0 Å². The molecule has 26 valence electrons. The maximum absolute atomic E-state index is 5.33. The molecule has 0 amide bonds. The molecule has 0 aromatic rings. The molecule has 1 atom stereocenters. The van der Waals surface area contributed by atoms with Gasteiger partial charge in [0, 0.05) is 25.5 Å². The van der Waals surface area contributed by atoms with Crippen LogP contribution in [0, 0.1) is 0 Å². The Kier molecular flexibility index (Phi) is 3.36. The zero-order valence-electron chi connectivity index (χ0n) is 2.66. The maximum Gasteiger partial charge on any atom is 0.0483 e. The number of hydrogen-bond acceptors (Lipinski definition) is 0. The minimum atomic E-state index is 0.0756. The number of hydrogen-bond donors (Lipinski definition) is 0. The van der Waals surface area contributed by atoms with Crippen molar-refractivity contribution >= 4 is 32.1 Å². The molecule has 1 unspecified atom stereocenters. The zero-order valence-corrected chi connectivity index (χ0v) is 5.42. The zero-order chi connectivity index (χ0) is 4.28. The van der Waals surface area contributed by atoms with Crippen LogP contribution < -0.4 is 0 Å². The summed E-state index contributed by atoms with van der Waals surface area (Å²) in [5.74, 6) is 0. The SMILES string of the molecule is [Si]CC([Si])Cl. The van der Waals surface area contributed by atoms with E-state index < -0.39 is 0 Å². The minimum absolute atomic E-state index is 0.0756. The normalized spacial score (nSPS) is 15.0. The summed E-state index contributed by atoms with van der Waals surface area (Å²) in [7, 11) is 6.31. The first-order valence-electron chi connectivity index (χ1n) is 1.27. The van der Waals surface area contributed by atoms with Crippen molar-refractivity contribution in [2.75, 3.05) is 0 Å². The minimum Gasteiger partial charge on any atom is -0.128 e. The molecule has 0 aliphatic rings. The second kappa shape index (κ2) is 2.94. The first kappa shape index (κ1) is 5.72. The molecule has 0 nitrogen and oxygen atoms in total. The van der Waals surface area contributed by atoms with Gasteiger partial charge >= 0.3 is 0 Å². The van der Waals surface area contributed by atoms with Crippen molar-refractivity contribution in [3.8, 4) is 0 Å².